The van der Waals surface area contributed by atoms with Crippen LogP contribution < -0.4 is 5.32 Å². The molecule has 7 heteroatoms. The zero-order valence-corrected chi connectivity index (χ0v) is 18.4. The quantitative estimate of drug-likeness (QED) is 0.586. The molecule has 0 aromatic heterocycles. The van der Waals surface area contributed by atoms with Crippen molar-refractivity contribution in [1.82, 2.24) is 9.62 Å². The molecule has 1 fully saturated rings. The summed E-state index contributed by atoms with van der Waals surface area (Å²) in [6.07, 6.45) is 6.92. The zero-order valence-electron chi connectivity index (χ0n) is 17.6. The minimum Gasteiger partial charge on any atom is -0.356 e. The van der Waals surface area contributed by atoms with Crippen LogP contribution in [0.5, 0.6) is 0 Å². The van der Waals surface area contributed by atoms with E-state index in [1.54, 1.807) is 0 Å². The Balaban J connectivity index is 1.72. The lowest BCUT2D eigenvalue weighted by Gasteiger charge is -2.30. The first kappa shape index (κ1) is 23.4. The summed E-state index contributed by atoms with van der Waals surface area (Å²) < 4.78 is 26.9. The van der Waals surface area contributed by atoms with E-state index in [0.717, 1.165) is 18.8 Å². The van der Waals surface area contributed by atoms with E-state index in [1.165, 1.54) is 47.8 Å². The fourth-order valence-electron chi connectivity index (χ4n) is 3.60. The van der Waals surface area contributed by atoms with Crippen LogP contribution in [0.4, 0.5) is 0 Å². The van der Waals surface area contributed by atoms with Crippen molar-refractivity contribution in [3.63, 3.8) is 0 Å². The Hall–Kier alpha value is -1.91. The van der Waals surface area contributed by atoms with Crippen LogP contribution in [-0.4, -0.2) is 38.3 Å². The number of piperidine rings is 1. The first-order valence-corrected chi connectivity index (χ1v) is 12.1. The number of carbonyl (C=O) groups is 1. The third-order valence-corrected chi connectivity index (χ3v) is 7.37. The number of carbonyl (C=O) groups excluding carboxylic acids is 1. The zero-order chi connectivity index (χ0) is 21.3. The normalized spacial score (nSPS) is 15.9. The Morgan fingerprint density at radius 3 is 2.34 bits per heavy atom. The van der Waals surface area contributed by atoms with Crippen molar-refractivity contribution in [2.75, 3.05) is 19.6 Å². The van der Waals surface area contributed by atoms with Gasteiger partial charge in [0.25, 0.3) is 0 Å². The predicted molar refractivity (Wildman–Crippen MR) is 114 cm³/mol. The topological polar surface area (TPSA) is 90.3 Å². The third-order valence-electron chi connectivity index (χ3n) is 5.45. The van der Waals surface area contributed by atoms with E-state index in [0.29, 0.717) is 38.0 Å². The molecule has 0 unspecified atom stereocenters. The third kappa shape index (κ3) is 7.13. The second kappa shape index (κ2) is 11.3. The molecule has 1 N–H and O–H groups in total. The van der Waals surface area contributed by atoms with Crippen molar-refractivity contribution in [3.8, 4) is 6.07 Å². The molecule has 160 valence electrons. The number of nitriles is 1. The molecule has 6 nitrogen and oxygen atoms in total. The Morgan fingerprint density at radius 2 is 1.76 bits per heavy atom. The lowest BCUT2D eigenvalue weighted by atomic mass is 9.97. The molecular formula is C22H33N3O3S. The number of amides is 1. The summed E-state index contributed by atoms with van der Waals surface area (Å²) in [7, 11) is -3.58. The lowest BCUT2D eigenvalue weighted by Crippen LogP contribution is -2.43. The Kier molecular flexibility index (Phi) is 9.12. The van der Waals surface area contributed by atoms with Crippen LogP contribution in [0.25, 0.3) is 0 Å². The van der Waals surface area contributed by atoms with Gasteiger partial charge in [0.05, 0.1) is 16.5 Å². The largest absolute Gasteiger partial charge is 0.356 e. The van der Waals surface area contributed by atoms with Crippen molar-refractivity contribution in [3.05, 3.63) is 29.8 Å². The second-order valence-corrected chi connectivity index (χ2v) is 10.1. The molecule has 0 spiro atoms. The Labute approximate surface area is 175 Å². The standard InChI is InChI=1S/C22H33N3O3S/c1-18(2)7-5-3-4-6-14-24-22(26)20-12-15-25(16-13-20)29(27,28)21-10-8-19(17-23)9-11-21/h8-11,18,20H,3-7,12-16H2,1-2H3,(H,24,26). The predicted octanol–water partition coefficient (Wildman–Crippen LogP) is 3.68. The van der Waals surface area contributed by atoms with Crippen LogP contribution >= 0.6 is 0 Å². The van der Waals surface area contributed by atoms with Crippen molar-refractivity contribution in [2.24, 2.45) is 11.8 Å². The minimum atomic E-state index is -3.58. The summed E-state index contributed by atoms with van der Waals surface area (Å²) in [5.74, 6) is 0.673. The van der Waals surface area contributed by atoms with Gasteiger partial charge in [0.2, 0.25) is 15.9 Å². The van der Waals surface area contributed by atoms with Crippen molar-refractivity contribution in [2.45, 2.75) is 63.7 Å². The maximum Gasteiger partial charge on any atom is 0.243 e. The fourth-order valence-corrected chi connectivity index (χ4v) is 5.07. The van der Waals surface area contributed by atoms with E-state index in [2.05, 4.69) is 19.2 Å². The number of benzene rings is 1. The highest BCUT2D eigenvalue weighted by Crippen LogP contribution is 2.24. The van der Waals surface area contributed by atoms with E-state index in [1.807, 2.05) is 6.07 Å². The average molecular weight is 420 g/mol. The summed E-state index contributed by atoms with van der Waals surface area (Å²) in [4.78, 5) is 12.6. The van der Waals surface area contributed by atoms with E-state index in [9.17, 15) is 13.2 Å². The maximum absolute atomic E-state index is 12.7. The van der Waals surface area contributed by atoms with Crippen LogP contribution in [0.3, 0.4) is 0 Å². The summed E-state index contributed by atoms with van der Waals surface area (Å²) in [5.41, 5.74) is 0.430. The highest BCUT2D eigenvalue weighted by molar-refractivity contribution is 7.89. The summed E-state index contributed by atoms with van der Waals surface area (Å²) in [5, 5.41) is 11.9. The van der Waals surface area contributed by atoms with Crippen molar-refractivity contribution in [1.29, 1.82) is 5.26 Å². The molecule has 0 saturated carbocycles. The molecule has 1 aromatic carbocycles. The number of nitrogens with zero attached hydrogens (tertiary/aromatic N) is 2. The average Bonchev–Trinajstić information content (AvgIpc) is 2.72. The number of sulfonamides is 1. The van der Waals surface area contributed by atoms with E-state index in [4.69, 9.17) is 5.26 Å². The number of rotatable bonds is 10. The summed E-state index contributed by atoms with van der Waals surface area (Å²) in [6.45, 7) is 5.86. The lowest BCUT2D eigenvalue weighted by molar-refractivity contribution is -0.126. The van der Waals surface area contributed by atoms with Gasteiger partial charge in [-0.25, -0.2) is 8.42 Å². The molecule has 1 amide bonds. The van der Waals surface area contributed by atoms with Gasteiger partial charge >= 0.3 is 0 Å². The first-order chi connectivity index (χ1) is 13.8. The molecule has 1 aliphatic rings. The molecule has 0 atom stereocenters. The van der Waals surface area contributed by atoms with Gasteiger partial charge in [0.15, 0.2) is 0 Å². The van der Waals surface area contributed by atoms with Gasteiger partial charge in [0, 0.05) is 25.6 Å². The van der Waals surface area contributed by atoms with E-state index in [-0.39, 0.29) is 16.7 Å². The van der Waals surface area contributed by atoms with Crippen LogP contribution in [0.2, 0.25) is 0 Å². The highest BCUT2D eigenvalue weighted by Gasteiger charge is 2.31. The Morgan fingerprint density at radius 1 is 1.14 bits per heavy atom. The number of hydrogen-bond donors (Lipinski definition) is 1. The maximum atomic E-state index is 12.7. The minimum absolute atomic E-state index is 0.0441. The van der Waals surface area contributed by atoms with E-state index >= 15 is 0 Å². The number of nitrogens with one attached hydrogen (secondary N) is 1. The van der Waals surface area contributed by atoms with Gasteiger partial charge < -0.3 is 5.32 Å². The molecular weight excluding hydrogens is 386 g/mol. The van der Waals surface area contributed by atoms with Gasteiger partial charge in [-0.05, 0) is 49.4 Å². The van der Waals surface area contributed by atoms with Gasteiger partial charge in [-0.1, -0.05) is 39.5 Å². The monoisotopic (exact) mass is 419 g/mol. The highest BCUT2D eigenvalue weighted by atomic mass is 32.2. The van der Waals surface area contributed by atoms with Crippen molar-refractivity contribution < 1.29 is 13.2 Å². The molecule has 2 rings (SSSR count). The first-order valence-electron chi connectivity index (χ1n) is 10.6. The smallest absolute Gasteiger partial charge is 0.243 e. The molecule has 0 aliphatic carbocycles. The van der Waals surface area contributed by atoms with Gasteiger partial charge in [0.1, 0.15) is 0 Å². The summed E-state index contributed by atoms with van der Waals surface area (Å²) in [6, 6.07) is 7.94. The molecule has 1 aliphatic heterocycles. The van der Waals surface area contributed by atoms with Gasteiger partial charge in [-0.3, -0.25) is 4.79 Å². The van der Waals surface area contributed by atoms with Crippen LogP contribution in [0, 0.1) is 23.2 Å². The summed E-state index contributed by atoms with van der Waals surface area (Å²) >= 11 is 0. The molecule has 1 aromatic rings. The van der Waals surface area contributed by atoms with Crippen LogP contribution in [-0.2, 0) is 14.8 Å². The number of hydrogen-bond acceptors (Lipinski definition) is 4. The van der Waals surface area contributed by atoms with Gasteiger partial charge in [-0.2, -0.15) is 9.57 Å². The fraction of sp³-hybridized carbons (Fsp3) is 0.636. The molecule has 0 radical (unpaired) electrons. The van der Waals surface area contributed by atoms with Crippen molar-refractivity contribution >= 4 is 15.9 Å². The van der Waals surface area contributed by atoms with Crippen LogP contribution in [0.1, 0.15) is 64.4 Å². The molecule has 0 bridgehead atoms. The Bertz CT molecular complexity index is 790. The van der Waals surface area contributed by atoms with Gasteiger partial charge in [-0.15, -0.1) is 0 Å². The number of unbranched alkanes of at least 4 members (excludes halogenated alkanes) is 3. The molecule has 1 saturated heterocycles. The second-order valence-electron chi connectivity index (χ2n) is 8.20. The molecule has 29 heavy (non-hydrogen) atoms. The van der Waals surface area contributed by atoms with Crippen LogP contribution in [0.15, 0.2) is 29.2 Å². The SMILES string of the molecule is CC(C)CCCCCCNC(=O)C1CCN(S(=O)(=O)c2ccc(C#N)cc2)CC1. The van der Waals surface area contributed by atoms with E-state index < -0.39 is 10.0 Å². The molecule has 1 heterocycles.